The van der Waals surface area contributed by atoms with Crippen LogP contribution in [0.5, 0.6) is 0 Å². The number of nitrogens with two attached hydrogens (primary N) is 1. The third-order valence-electron chi connectivity index (χ3n) is 3.78. The maximum Gasteiger partial charge on any atom is 0.277 e. The lowest BCUT2D eigenvalue weighted by Crippen LogP contribution is -2.81. The lowest BCUT2D eigenvalue weighted by Gasteiger charge is -2.08. The molecule has 1 fully saturated rings. The first-order valence-electron chi connectivity index (χ1n) is 7.48. The molecule has 3 rings (SSSR count). The molecule has 6 nitrogen and oxygen atoms in total. The van der Waals surface area contributed by atoms with Crippen molar-refractivity contribution in [2.45, 2.75) is 31.0 Å². The molecule has 0 aliphatic carbocycles. The first-order chi connectivity index (χ1) is 11.1. The number of carbonyl (C=O) groups excluding carboxylic acids is 1. The van der Waals surface area contributed by atoms with Crippen LogP contribution in [0.2, 0.25) is 5.02 Å². The van der Waals surface area contributed by atoms with E-state index in [-0.39, 0.29) is 17.7 Å². The van der Waals surface area contributed by atoms with Gasteiger partial charge in [0.15, 0.2) is 6.04 Å². The maximum atomic E-state index is 12.0. The molecule has 0 radical (unpaired) electrons. The van der Waals surface area contributed by atoms with Crippen molar-refractivity contribution in [2.24, 2.45) is 0 Å². The molecule has 122 valence electrons. The summed E-state index contributed by atoms with van der Waals surface area (Å²) in [6, 6.07) is 5.69. The highest BCUT2D eigenvalue weighted by molar-refractivity contribution is 7.99. The summed E-state index contributed by atoms with van der Waals surface area (Å²) in [5.74, 6) is 0.728. The third kappa shape index (κ3) is 4.04. The van der Waals surface area contributed by atoms with Crippen molar-refractivity contribution >= 4 is 35.0 Å². The van der Waals surface area contributed by atoms with Crippen molar-refractivity contribution in [1.29, 1.82) is 0 Å². The number of nitrogens with zero attached hydrogens (tertiary/aromatic N) is 2. The van der Waals surface area contributed by atoms with E-state index in [1.165, 1.54) is 11.8 Å². The topological polar surface area (TPSA) is 84.6 Å². The molecule has 2 aromatic rings. The van der Waals surface area contributed by atoms with Crippen molar-refractivity contribution in [3.63, 3.8) is 0 Å². The summed E-state index contributed by atoms with van der Waals surface area (Å²) in [4.78, 5) is 12.0. The fourth-order valence-electron chi connectivity index (χ4n) is 2.48. The highest BCUT2D eigenvalue weighted by atomic mass is 35.5. The molecule has 1 aromatic heterocycles. The second-order valence-electron chi connectivity index (χ2n) is 5.43. The number of halogens is 1. The molecule has 1 aliphatic heterocycles. The van der Waals surface area contributed by atoms with Gasteiger partial charge in [0.25, 0.3) is 11.1 Å². The van der Waals surface area contributed by atoms with Crippen LogP contribution in [0.4, 0.5) is 5.69 Å². The fourth-order valence-corrected chi connectivity index (χ4v) is 3.23. The molecular formula is C15H18ClN4O2S+. The van der Waals surface area contributed by atoms with Gasteiger partial charge in [0, 0.05) is 23.6 Å². The van der Waals surface area contributed by atoms with Crippen molar-refractivity contribution in [3.05, 3.63) is 34.7 Å². The Bertz CT molecular complexity index is 701. The maximum absolute atomic E-state index is 12.0. The third-order valence-corrected chi connectivity index (χ3v) is 5.01. The molecule has 8 heteroatoms. The zero-order chi connectivity index (χ0) is 16.2. The Morgan fingerprint density at radius 3 is 3.17 bits per heavy atom. The van der Waals surface area contributed by atoms with Gasteiger partial charge in [-0.3, -0.25) is 4.79 Å². The zero-order valence-electron chi connectivity index (χ0n) is 12.7. The van der Waals surface area contributed by atoms with Gasteiger partial charge >= 0.3 is 0 Å². The molecule has 1 aliphatic rings. The largest absolute Gasteiger partial charge is 0.410 e. The highest BCUT2D eigenvalue weighted by Crippen LogP contribution is 2.24. The van der Waals surface area contributed by atoms with Gasteiger partial charge in [-0.25, -0.2) is 0 Å². The Labute approximate surface area is 143 Å². The molecule has 1 aromatic carbocycles. The van der Waals surface area contributed by atoms with Crippen LogP contribution in [0.25, 0.3) is 0 Å². The van der Waals surface area contributed by atoms with E-state index in [0.717, 1.165) is 30.6 Å². The van der Waals surface area contributed by atoms with E-state index in [2.05, 4.69) is 20.8 Å². The smallest absolute Gasteiger partial charge is 0.277 e. The summed E-state index contributed by atoms with van der Waals surface area (Å²) in [6.07, 6.45) is 2.22. The van der Waals surface area contributed by atoms with E-state index >= 15 is 0 Å². The molecule has 3 N–H and O–H groups in total. The summed E-state index contributed by atoms with van der Waals surface area (Å²) in [7, 11) is 0. The SMILES string of the molecule is Cc1c(Cl)cccc1NC(=O)CSc1nnc([C@H]2CCC[NH2+]2)o1. The standard InChI is InChI=1S/C15H17ClN4O2S/c1-9-10(16)4-2-5-11(9)18-13(21)8-23-15-20-19-14(22-15)12-6-3-7-17-12/h2,4-5,12,17H,3,6-8H2,1H3,(H,18,21)/p+1/t12-/m1/s1. The van der Waals surface area contributed by atoms with E-state index in [9.17, 15) is 4.79 Å². The van der Waals surface area contributed by atoms with Crippen molar-refractivity contribution in [2.75, 3.05) is 17.6 Å². The highest BCUT2D eigenvalue weighted by Gasteiger charge is 2.26. The molecule has 1 amide bonds. The number of amides is 1. The summed E-state index contributed by atoms with van der Waals surface area (Å²) in [5.41, 5.74) is 1.57. The van der Waals surface area contributed by atoms with Crippen LogP contribution in [0.1, 0.15) is 30.3 Å². The normalized spacial score (nSPS) is 17.4. The summed E-state index contributed by atoms with van der Waals surface area (Å²) in [6.45, 7) is 2.96. The van der Waals surface area contributed by atoms with Gasteiger partial charge in [-0.05, 0) is 24.6 Å². The van der Waals surface area contributed by atoms with Crippen LogP contribution in [0, 0.1) is 6.92 Å². The van der Waals surface area contributed by atoms with Crippen molar-refractivity contribution < 1.29 is 14.5 Å². The quantitative estimate of drug-likeness (QED) is 0.805. The van der Waals surface area contributed by atoms with Gasteiger partial charge in [0.05, 0.1) is 12.3 Å². The average molecular weight is 354 g/mol. The number of anilines is 1. The monoisotopic (exact) mass is 353 g/mol. The Morgan fingerprint density at radius 1 is 1.52 bits per heavy atom. The molecule has 1 saturated heterocycles. The van der Waals surface area contributed by atoms with Crippen LogP contribution in [0.3, 0.4) is 0 Å². The van der Waals surface area contributed by atoms with Gasteiger partial charge in [0.1, 0.15) is 0 Å². The summed E-state index contributed by atoms with van der Waals surface area (Å²) >= 11 is 7.28. The van der Waals surface area contributed by atoms with Crippen LogP contribution in [-0.4, -0.2) is 28.4 Å². The first kappa shape index (κ1) is 16.3. The fraction of sp³-hybridized carbons (Fsp3) is 0.400. The second kappa shape index (κ2) is 7.33. The summed E-state index contributed by atoms with van der Waals surface area (Å²) < 4.78 is 5.62. The molecule has 0 bridgehead atoms. The predicted octanol–water partition coefficient (Wildman–Crippen LogP) is 2.16. The van der Waals surface area contributed by atoms with E-state index < -0.39 is 0 Å². The van der Waals surface area contributed by atoms with E-state index in [1.807, 2.05) is 13.0 Å². The van der Waals surface area contributed by atoms with E-state index in [0.29, 0.717) is 16.1 Å². The van der Waals surface area contributed by atoms with Crippen molar-refractivity contribution in [3.8, 4) is 0 Å². The number of benzene rings is 1. The number of hydrogen-bond acceptors (Lipinski definition) is 5. The van der Waals surface area contributed by atoms with Crippen LogP contribution >= 0.6 is 23.4 Å². The first-order valence-corrected chi connectivity index (χ1v) is 8.84. The van der Waals surface area contributed by atoms with Crippen molar-refractivity contribution in [1.82, 2.24) is 10.2 Å². The number of nitrogens with one attached hydrogen (secondary N) is 1. The molecule has 0 saturated carbocycles. The van der Waals surface area contributed by atoms with Gasteiger partial charge in [0.2, 0.25) is 5.91 Å². The number of hydrogen-bond donors (Lipinski definition) is 2. The van der Waals surface area contributed by atoms with Crippen LogP contribution in [-0.2, 0) is 4.79 Å². The Balaban J connectivity index is 1.53. The van der Waals surface area contributed by atoms with E-state index in [1.54, 1.807) is 12.1 Å². The summed E-state index contributed by atoms with van der Waals surface area (Å²) in [5, 5.41) is 14.2. The molecular weight excluding hydrogens is 336 g/mol. The number of thioether (sulfide) groups is 1. The average Bonchev–Trinajstić information content (AvgIpc) is 3.20. The Hall–Kier alpha value is -1.57. The lowest BCUT2D eigenvalue weighted by molar-refractivity contribution is -0.678. The van der Waals surface area contributed by atoms with Crippen LogP contribution < -0.4 is 10.6 Å². The van der Waals surface area contributed by atoms with Gasteiger partial charge in [-0.1, -0.05) is 29.4 Å². The lowest BCUT2D eigenvalue weighted by atomic mass is 10.2. The number of rotatable bonds is 5. The Morgan fingerprint density at radius 2 is 2.39 bits per heavy atom. The molecule has 2 heterocycles. The van der Waals surface area contributed by atoms with E-state index in [4.69, 9.17) is 16.0 Å². The molecule has 23 heavy (non-hydrogen) atoms. The molecule has 0 unspecified atom stereocenters. The second-order valence-corrected chi connectivity index (χ2v) is 6.76. The minimum absolute atomic E-state index is 0.132. The minimum atomic E-state index is -0.132. The van der Waals surface area contributed by atoms with Gasteiger partial charge < -0.3 is 15.1 Å². The minimum Gasteiger partial charge on any atom is -0.410 e. The zero-order valence-corrected chi connectivity index (χ0v) is 14.3. The Kier molecular flexibility index (Phi) is 5.20. The van der Waals surface area contributed by atoms with Crippen LogP contribution in [0.15, 0.2) is 27.8 Å². The number of carbonyl (C=O) groups is 1. The molecule has 1 atom stereocenters. The van der Waals surface area contributed by atoms with Gasteiger partial charge in [-0.15, -0.1) is 10.2 Å². The number of aromatic nitrogens is 2. The van der Waals surface area contributed by atoms with Gasteiger partial charge in [-0.2, -0.15) is 0 Å². The predicted molar refractivity (Wildman–Crippen MR) is 88.6 cm³/mol. The number of quaternary nitrogens is 1. The molecule has 0 spiro atoms.